The van der Waals surface area contributed by atoms with E-state index in [0.717, 1.165) is 0 Å². The number of hydrogen-bond donors (Lipinski definition) is 8. The summed E-state index contributed by atoms with van der Waals surface area (Å²) in [7, 11) is 0. The van der Waals surface area contributed by atoms with E-state index in [1.807, 2.05) is 0 Å². The van der Waals surface area contributed by atoms with E-state index in [1.54, 1.807) is 13.8 Å². The Morgan fingerprint density at radius 1 is 0.848 bits per heavy atom. The van der Waals surface area contributed by atoms with Gasteiger partial charge in [0.15, 0.2) is 5.96 Å². The second-order valence-electron chi connectivity index (χ2n) is 7.84. The van der Waals surface area contributed by atoms with E-state index in [1.165, 1.54) is 6.92 Å². The molecule has 4 atom stereocenters. The van der Waals surface area contributed by atoms with E-state index < -0.39 is 60.2 Å². The van der Waals surface area contributed by atoms with E-state index in [0.29, 0.717) is 0 Å². The van der Waals surface area contributed by atoms with Crippen LogP contribution in [0.15, 0.2) is 4.99 Å². The highest BCUT2D eigenvalue weighted by Crippen LogP contribution is 2.04. The summed E-state index contributed by atoms with van der Waals surface area (Å²) in [5, 5.41) is 25.2. The molecule has 14 heteroatoms. The Morgan fingerprint density at radius 3 is 1.91 bits per heavy atom. The summed E-state index contributed by atoms with van der Waals surface area (Å²) in [5.41, 5.74) is 16.3. The van der Waals surface area contributed by atoms with Gasteiger partial charge in [-0.15, -0.1) is 0 Å². The van der Waals surface area contributed by atoms with Crippen molar-refractivity contribution in [3.05, 3.63) is 0 Å². The van der Waals surface area contributed by atoms with Crippen LogP contribution in [0.1, 0.15) is 46.5 Å². The number of guanidine groups is 1. The van der Waals surface area contributed by atoms with Gasteiger partial charge >= 0.3 is 11.9 Å². The van der Waals surface area contributed by atoms with Crippen molar-refractivity contribution < 1.29 is 34.2 Å². The van der Waals surface area contributed by atoms with Crippen molar-refractivity contribution in [1.82, 2.24) is 16.0 Å². The summed E-state index contributed by atoms with van der Waals surface area (Å²) >= 11 is 0. The van der Waals surface area contributed by atoms with Gasteiger partial charge in [0.2, 0.25) is 17.7 Å². The van der Waals surface area contributed by atoms with Crippen LogP contribution in [0.2, 0.25) is 0 Å². The second kappa shape index (κ2) is 14.6. The third-order valence-electron chi connectivity index (χ3n) is 4.61. The van der Waals surface area contributed by atoms with Gasteiger partial charge in [-0.05, 0) is 32.1 Å². The van der Waals surface area contributed by atoms with Crippen molar-refractivity contribution in [2.45, 2.75) is 70.6 Å². The molecule has 0 aromatic heterocycles. The predicted molar refractivity (Wildman–Crippen MR) is 119 cm³/mol. The molecule has 0 rings (SSSR count). The van der Waals surface area contributed by atoms with E-state index in [9.17, 15) is 29.1 Å². The molecule has 3 amide bonds. The Kier molecular flexibility index (Phi) is 13.1. The fourth-order valence-corrected chi connectivity index (χ4v) is 2.54. The van der Waals surface area contributed by atoms with Crippen LogP contribution >= 0.6 is 0 Å². The standard InChI is InChI=1S/C19H35N7O7/c1-9(2)14(20)17(31)24-10(3)15(29)25-11(5-4-8-23-19(21)22)16(30)26-12(18(32)33)6-7-13(27)28/h9-12,14H,4-8,20H2,1-3H3,(H,24,31)(H,25,29)(H,26,30)(H,27,28)(H,32,33)(H4,21,22,23). The van der Waals surface area contributed by atoms with E-state index in [4.69, 9.17) is 22.3 Å². The number of amides is 3. The van der Waals surface area contributed by atoms with Gasteiger partial charge in [-0.2, -0.15) is 0 Å². The van der Waals surface area contributed by atoms with Gasteiger partial charge in [0.25, 0.3) is 0 Å². The van der Waals surface area contributed by atoms with Crippen LogP contribution in [0.3, 0.4) is 0 Å². The molecule has 0 aliphatic rings. The predicted octanol–water partition coefficient (Wildman–Crippen LogP) is -2.55. The largest absolute Gasteiger partial charge is 0.481 e. The maximum absolute atomic E-state index is 12.7. The fraction of sp³-hybridized carbons (Fsp3) is 0.684. The molecular formula is C19H35N7O7. The summed E-state index contributed by atoms with van der Waals surface area (Å²) in [6, 6.07) is -4.51. The number of carboxylic acids is 2. The van der Waals surface area contributed by atoms with Crippen molar-refractivity contribution >= 4 is 35.6 Å². The van der Waals surface area contributed by atoms with Crippen LogP contribution < -0.4 is 33.2 Å². The number of carboxylic acid groups (broad SMARTS) is 2. The van der Waals surface area contributed by atoms with Crippen LogP contribution in [0.5, 0.6) is 0 Å². The third kappa shape index (κ3) is 12.3. The fourth-order valence-electron chi connectivity index (χ4n) is 2.54. The number of nitrogens with two attached hydrogens (primary N) is 3. The quantitative estimate of drug-likeness (QED) is 0.0701. The molecule has 11 N–H and O–H groups in total. The lowest BCUT2D eigenvalue weighted by atomic mass is 10.0. The Balaban J connectivity index is 5.29. The monoisotopic (exact) mass is 473 g/mol. The third-order valence-corrected chi connectivity index (χ3v) is 4.61. The van der Waals surface area contributed by atoms with E-state index in [-0.39, 0.29) is 37.7 Å². The van der Waals surface area contributed by atoms with Crippen LogP contribution in [-0.4, -0.2) is 76.5 Å². The first-order chi connectivity index (χ1) is 15.3. The molecule has 0 heterocycles. The molecule has 188 valence electrons. The van der Waals surface area contributed by atoms with Gasteiger partial charge in [0.1, 0.15) is 18.1 Å². The normalized spacial score (nSPS) is 14.3. The molecule has 0 saturated heterocycles. The molecule has 0 radical (unpaired) electrons. The lowest BCUT2D eigenvalue weighted by Crippen LogP contribution is -2.56. The Labute approximate surface area is 191 Å². The van der Waals surface area contributed by atoms with Crippen molar-refractivity contribution in [2.24, 2.45) is 28.1 Å². The van der Waals surface area contributed by atoms with Gasteiger partial charge in [0, 0.05) is 13.0 Å². The number of hydrogen-bond acceptors (Lipinski definition) is 7. The van der Waals surface area contributed by atoms with Gasteiger partial charge in [-0.3, -0.25) is 24.2 Å². The molecule has 33 heavy (non-hydrogen) atoms. The highest BCUT2D eigenvalue weighted by Gasteiger charge is 2.29. The van der Waals surface area contributed by atoms with Crippen LogP contribution in [0.4, 0.5) is 0 Å². The van der Waals surface area contributed by atoms with Crippen molar-refractivity contribution in [3.63, 3.8) is 0 Å². The van der Waals surface area contributed by atoms with Gasteiger partial charge in [-0.1, -0.05) is 13.8 Å². The number of carbonyl (C=O) groups excluding carboxylic acids is 3. The summed E-state index contributed by atoms with van der Waals surface area (Å²) in [4.78, 5) is 63.2. The first-order valence-corrected chi connectivity index (χ1v) is 10.4. The average Bonchev–Trinajstić information content (AvgIpc) is 2.71. The van der Waals surface area contributed by atoms with Crippen molar-refractivity contribution in [3.8, 4) is 0 Å². The van der Waals surface area contributed by atoms with Gasteiger partial charge < -0.3 is 43.4 Å². The average molecular weight is 474 g/mol. The lowest BCUT2D eigenvalue weighted by Gasteiger charge is -2.24. The number of aliphatic imine (C=N–C) groups is 1. The zero-order chi connectivity index (χ0) is 25.7. The molecule has 0 spiro atoms. The van der Waals surface area contributed by atoms with Crippen molar-refractivity contribution in [1.29, 1.82) is 0 Å². The SMILES string of the molecule is CC(NC(=O)C(N)C(C)C)C(=O)NC(CCCN=C(N)N)C(=O)NC(CCC(=O)O)C(=O)O. The smallest absolute Gasteiger partial charge is 0.326 e. The first-order valence-electron chi connectivity index (χ1n) is 10.4. The highest BCUT2D eigenvalue weighted by molar-refractivity contribution is 5.94. The minimum atomic E-state index is -1.47. The summed E-state index contributed by atoms with van der Waals surface area (Å²) < 4.78 is 0. The van der Waals surface area contributed by atoms with Gasteiger partial charge in [0.05, 0.1) is 6.04 Å². The number of carbonyl (C=O) groups is 5. The topological polar surface area (TPSA) is 252 Å². The molecule has 0 saturated carbocycles. The molecular weight excluding hydrogens is 438 g/mol. The zero-order valence-electron chi connectivity index (χ0n) is 19.0. The van der Waals surface area contributed by atoms with Crippen LogP contribution in [-0.2, 0) is 24.0 Å². The minimum absolute atomic E-state index is 0.0474. The Morgan fingerprint density at radius 2 is 1.42 bits per heavy atom. The maximum Gasteiger partial charge on any atom is 0.326 e. The molecule has 0 aromatic rings. The summed E-state index contributed by atoms with van der Waals surface area (Å²) in [5.74, 6) is -5.02. The maximum atomic E-state index is 12.7. The summed E-state index contributed by atoms with van der Waals surface area (Å²) in [6.07, 6.45) is -0.504. The van der Waals surface area contributed by atoms with E-state index >= 15 is 0 Å². The minimum Gasteiger partial charge on any atom is -0.481 e. The summed E-state index contributed by atoms with van der Waals surface area (Å²) in [6.45, 7) is 5.05. The molecule has 0 bridgehead atoms. The van der Waals surface area contributed by atoms with Crippen molar-refractivity contribution in [2.75, 3.05) is 6.54 Å². The molecule has 0 fully saturated rings. The molecule has 0 aliphatic carbocycles. The number of nitrogens with one attached hydrogen (secondary N) is 3. The zero-order valence-corrected chi connectivity index (χ0v) is 19.0. The Hall–Kier alpha value is -3.42. The van der Waals surface area contributed by atoms with Crippen LogP contribution in [0.25, 0.3) is 0 Å². The molecule has 0 aromatic carbocycles. The lowest BCUT2D eigenvalue weighted by molar-refractivity contribution is -0.143. The first kappa shape index (κ1) is 29.6. The van der Waals surface area contributed by atoms with Crippen LogP contribution in [0, 0.1) is 5.92 Å². The number of rotatable bonds is 15. The number of nitrogens with zero attached hydrogens (tertiary/aromatic N) is 1. The molecule has 4 unspecified atom stereocenters. The highest BCUT2D eigenvalue weighted by atomic mass is 16.4. The van der Waals surface area contributed by atoms with Gasteiger partial charge in [-0.25, -0.2) is 4.79 Å². The molecule has 14 nitrogen and oxygen atoms in total. The molecule has 0 aliphatic heterocycles. The number of aliphatic carboxylic acids is 2. The Bertz CT molecular complexity index is 738. The van der Waals surface area contributed by atoms with E-state index in [2.05, 4.69) is 20.9 Å². The second-order valence-corrected chi connectivity index (χ2v) is 7.84.